The van der Waals surface area contributed by atoms with Crippen LogP contribution in [0.1, 0.15) is 65.7 Å². The maximum atomic E-state index is 3.82. The Bertz CT molecular complexity index is 328. The van der Waals surface area contributed by atoms with Gasteiger partial charge in [-0.05, 0) is 55.8 Å². The van der Waals surface area contributed by atoms with E-state index in [0.29, 0.717) is 0 Å². The molecule has 1 heterocycles. The molecule has 21 heavy (non-hydrogen) atoms. The minimum atomic E-state index is 0.747. The molecule has 2 bridgehead atoms. The molecule has 2 heteroatoms. The summed E-state index contributed by atoms with van der Waals surface area (Å²) in [5, 5.41) is 3.82. The van der Waals surface area contributed by atoms with Gasteiger partial charge in [-0.25, -0.2) is 0 Å². The summed E-state index contributed by atoms with van der Waals surface area (Å²) in [5.74, 6) is 4.02. The molecule has 2 nitrogen and oxygen atoms in total. The van der Waals surface area contributed by atoms with E-state index in [0.717, 1.165) is 35.8 Å². The van der Waals surface area contributed by atoms with Crippen LogP contribution in [-0.4, -0.2) is 36.6 Å². The lowest BCUT2D eigenvalue weighted by atomic mass is 9.87. The number of rotatable bonds is 6. The summed E-state index contributed by atoms with van der Waals surface area (Å²) in [5.41, 5.74) is 0. The Morgan fingerprint density at radius 1 is 1.19 bits per heavy atom. The molecule has 0 radical (unpaired) electrons. The molecular weight excluding hydrogens is 256 g/mol. The Hall–Kier alpha value is -0.0800. The summed E-state index contributed by atoms with van der Waals surface area (Å²) in [6, 6.07) is 1.54. The van der Waals surface area contributed by atoms with Crippen LogP contribution in [0.25, 0.3) is 0 Å². The topological polar surface area (TPSA) is 15.3 Å². The lowest BCUT2D eigenvalue weighted by molar-refractivity contribution is 0.0806. The summed E-state index contributed by atoms with van der Waals surface area (Å²) in [6.45, 7) is 11.0. The molecule has 3 fully saturated rings. The molecule has 3 rings (SSSR count). The Labute approximate surface area is 132 Å². The highest BCUT2D eigenvalue weighted by Crippen LogP contribution is 2.48. The van der Waals surface area contributed by atoms with Crippen LogP contribution in [0.2, 0.25) is 0 Å². The number of hydrogen-bond donors (Lipinski definition) is 1. The van der Waals surface area contributed by atoms with Gasteiger partial charge in [-0.2, -0.15) is 0 Å². The lowest BCUT2D eigenvalue weighted by Crippen LogP contribution is -2.57. The zero-order valence-electron chi connectivity index (χ0n) is 14.5. The lowest BCUT2D eigenvalue weighted by Gasteiger charge is -2.43. The van der Waals surface area contributed by atoms with E-state index in [1.807, 2.05) is 0 Å². The van der Waals surface area contributed by atoms with E-state index in [9.17, 15) is 0 Å². The highest BCUT2D eigenvalue weighted by Gasteiger charge is 2.41. The first-order valence-corrected chi connectivity index (χ1v) is 9.63. The molecule has 0 spiro atoms. The number of fused-ring (bicyclic) bond motifs is 2. The van der Waals surface area contributed by atoms with Crippen LogP contribution < -0.4 is 5.32 Å². The van der Waals surface area contributed by atoms with Crippen LogP contribution in [-0.2, 0) is 0 Å². The van der Waals surface area contributed by atoms with Gasteiger partial charge in [-0.3, -0.25) is 4.90 Å². The zero-order chi connectivity index (χ0) is 14.8. The van der Waals surface area contributed by atoms with Crippen molar-refractivity contribution in [1.29, 1.82) is 0 Å². The van der Waals surface area contributed by atoms with Gasteiger partial charge in [0.15, 0.2) is 0 Å². The molecule has 5 atom stereocenters. The van der Waals surface area contributed by atoms with Crippen molar-refractivity contribution < 1.29 is 0 Å². The maximum Gasteiger partial charge on any atom is 0.0223 e. The van der Waals surface area contributed by atoms with Crippen LogP contribution in [0.4, 0.5) is 0 Å². The predicted molar refractivity (Wildman–Crippen MR) is 90.5 cm³/mol. The fourth-order valence-electron chi connectivity index (χ4n) is 5.37. The fourth-order valence-corrected chi connectivity index (χ4v) is 5.37. The Morgan fingerprint density at radius 2 is 2.05 bits per heavy atom. The van der Waals surface area contributed by atoms with Crippen molar-refractivity contribution in [2.75, 3.05) is 19.6 Å². The second kappa shape index (κ2) is 7.00. The summed E-state index contributed by atoms with van der Waals surface area (Å²) in [4.78, 5) is 2.89. The summed E-state index contributed by atoms with van der Waals surface area (Å²) < 4.78 is 0. The quantitative estimate of drug-likeness (QED) is 0.798. The van der Waals surface area contributed by atoms with Gasteiger partial charge in [-0.1, -0.05) is 33.6 Å². The van der Waals surface area contributed by atoms with Crippen molar-refractivity contribution in [3.63, 3.8) is 0 Å². The molecule has 0 aromatic heterocycles. The maximum absolute atomic E-state index is 3.82. The third kappa shape index (κ3) is 3.82. The van der Waals surface area contributed by atoms with E-state index in [1.165, 1.54) is 51.7 Å². The monoisotopic (exact) mass is 292 g/mol. The predicted octanol–water partition coefficient (Wildman–Crippen LogP) is 3.91. The summed E-state index contributed by atoms with van der Waals surface area (Å²) in [6.07, 6.45) is 10.2. The first-order chi connectivity index (χ1) is 10.2. The minimum absolute atomic E-state index is 0.747. The second-order valence-corrected chi connectivity index (χ2v) is 8.57. The van der Waals surface area contributed by atoms with Gasteiger partial charge in [0, 0.05) is 31.7 Å². The molecule has 122 valence electrons. The first kappa shape index (κ1) is 15.8. The van der Waals surface area contributed by atoms with Crippen molar-refractivity contribution in [1.82, 2.24) is 10.2 Å². The third-order valence-corrected chi connectivity index (χ3v) is 6.35. The van der Waals surface area contributed by atoms with Crippen LogP contribution >= 0.6 is 0 Å². The van der Waals surface area contributed by atoms with E-state index in [-0.39, 0.29) is 0 Å². The minimum Gasteiger partial charge on any atom is -0.311 e. The van der Waals surface area contributed by atoms with Crippen LogP contribution in [0.15, 0.2) is 0 Å². The molecule has 1 saturated heterocycles. The molecule has 5 unspecified atom stereocenters. The first-order valence-electron chi connectivity index (χ1n) is 9.63. The van der Waals surface area contributed by atoms with Crippen LogP contribution in [0, 0.1) is 23.7 Å². The molecule has 2 saturated carbocycles. The smallest absolute Gasteiger partial charge is 0.0223 e. The molecule has 0 aromatic rings. The van der Waals surface area contributed by atoms with Crippen molar-refractivity contribution in [3.05, 3.63) is 0 Å². The average Bonchev–Trinajstić information content (AvgIpc) is 3.04. The summed E-state index contributed by atoms with van der Waals surface area (Å²) >= 11 is 0. The van der Waals surface area contributed by atoms with Gasteiger partial charge in [-0.15, -0.1) is 0 Å². The van der Waals surface area contributed by atoms with Crippen molar-refractivity contribution >= 4 is 0 Å². The Balaban J connectivity index is 1.59. The van der Waals surface area contributed by atoms with Gasteiger partial charge in [0.25, 0.3) is 0 Å². The summed E-state index contributed by atoms with van der Waals surface area (Å²) in [7, 11) is 0. The van der Waals surface area contributed by atoms with Crippen LogP contribution in [0.5, 0.6) is 0 Å². The Kier molecular flexibility index (Phi) is 5.27. The van der Waals surface area contributed by atoms with Crippen molar-refractivity contribution in [3.8, 4) is 0 Å². The van der Waals surface area contributed by atoms with E-state index >= 15 is 0 Å². The highest BCUT2D eigenvalue weighted by atomic mass is 15.2. The van der Waals surface area contributed by atoms with E-state index in [1.54, 1.807) is 12.8 Å². The molecule has 2 aliphatic carbocycles. The van der Waals surface area contributed by atoms with E-state index in [4.69, 9.17) is 0 Å². The largest absolute Gasteiger partial charge is 0.311 e. The number of nitrogens with zero attached hydrogens (tertiary/aromatic N) is 1. The Morgan fingerprint density at radius 3 is 2.67 bits per heavy atom. The molecular formula is C19H36N2. The highest BCUT2D eigenvalue weighted by molar-refractivity contribution is 4.94. The van der Waals surface area contributed by atoms with Gasteiger partial charge in [0.2, 0.25) is 0 Å². The number of nitrogens with one attached hydrogen (secondary N) is 1. The van der Waals surface area contributed by atoms with Gasteiger partial charge < -0.3 is 5.32 Å². The van der Waals surface area contributed by atoms with E-state index in [2.05, 4.69) is 31.0 Å². The third-order valence-electron chi connectivity index (χ3n) is 6.35. The molecule has 3 aliphatic rings. The van der Waals surface area contributed by atoms with Crippen LogP contribution in [0.3, 0.4) is 0 Å². The molecule has 0 amide bonds. The molecule has 1 N–H and O–H groups in total. The SMILES string of the molecule is CCCC1CN(CC2CC3CCC2C3)C(CC(C)C)CN1. The van der Waals surface area contributed by atoms with Gasteiger partial charge >= 0.3 is 0 Å². The van der Waals surface area contributed by atoms with Crippen molar-refractivity contribution in [2.24, 2.45) is 23.7 Å². The normalized spacial score (nSPS) is 40.3. The zero-order valence-corrected chi connectivity index (χ0v) is 14.5. The average molecular weight is 293 g/mol. The van der Waals surface area contributed by atoms with Crippen molar-refractivity contribution in [2.45, 2.75) is 77.8 Å². The molecule has 1 aliphatic heterocycles. The van der Waals surface area contributed by atoms with Gasteiger partial charge in [0.05, 0.1) is 0 Å². The van der Waals surface area contributed by atoms with Gasteiger partial charge in [0.1, 0.15) is 0 Å². The number of hydrogen-bond acceptors (Lipinski definition) is 2. The number of piperazine rings is 1. The molecule has 0 aromatic carbocycles. The standard InChI is InChI=1S/C19H36N2/c1-4-5-18-13-21(19(11-20-18)8-14(2)3)12-17-10-15-6-7-16(17)9-15/h14-20H,4-13H2,1-3H3. The second-order valence-electron chi connectivity index (χ2n) is 8.57. The van der Waals surface area contributed by atoms with E-state index < -0.39 is 0 Å². The fraction of sp³-hybridized carbons (Fsp3) is 1.00.